The fraction of sp³-hybridized carbons (Fsp3) is 0.188. The summed E-state index contributed by atoms with van der Waals surface area (Å²) in [6.07, 6.45) is 0. The fourth-order valence-corrected chi connectivity index (χ4v) is 2.67. The Kier molecular flexibility index (Phi) is 3.82. The van der Waals surface area contributed by atoms with Gasteiger partial charge in [-0.1, -0.05) is 30.3 Å². The van der Waals surface area contributed by atoms with E-state index in [9.17, 15) is 10.1 Å². The van der Waals surface area contributed by atoms with E-state index in [1.807, 2.05) is 30.3 Å². The van der Waals surface area contributed by atoms with Crippen molar-refractivity contribution in [3.05, 3.63) is 63.7 Å². The van der Waals surface area contributed by atoms with Crippen LogP contribution < -0.4 is 4.74 Å². The van der Waals surface area contributed by atoms with Gasteiger partial charge in [-0.15, -0.1) is 10.2 Å². The predicted molar refractivity (Wildman–Crippen MR) is 85.7 cm³/mol. The fourth-order valence-electron chi connectivity index (χ4n) is 2.67. The topological polar surface area (TPSA) is 105 Å². The van der Waals surface area contributed by atoms with Crippen molar-refractivity contribution < 1.29 is 14.4 Å². The quantitative estimate of drug-likeness (QED) is 0.530. The first-order valence-corrected chi connectivity index (χ1v) is 7.54. The highest BCUT2D eigenvalue weighted by Gasteiger charge is 2.21. The molecule has 0 radical (unpaired) electrons. The molecule has 25 heavy (non-hydrogen) atoms. The van der Waals surface area contributed by atoms with E-state index < -0.39 is 4.92 Å². The summed E-state index contributed by atoms with van der Waals surface area (Å²) in [6.45, 7) is 0.589. The van der Waals surface area contributed by atoms with Gasteiger partial charge in [-0.05, 0) is 5.21 Å². The molecule has 1 aliphatic heterocycles. The van der Waals surface area contributed by atoms with Gasteiger partial charge in [0.25, 0.3) is 5.69 Å². The first kappa shape index (κ1) is 15.2. The SMILES string of the molecule is O=[N+]([O-])c1cc2c(c(Cn3nnc(-c4ccccc4)n3)c1)OCOC2. The lowest BCUT2D eigenvalue weighted by Crippen LogP contribution is -2.15. The van der Waals surface area contributed by atoms with Crippen LogP contribution in [0, 0.1) is 10.1 Å². The monoisotopic (exact) mass is 339 g/mol. The van der Waals surface area contributed by atoms with Crippen LogP contribution in [0.3, 0.4) is 0 Å². The van der Waals surface area contributed by atoms with E-state index in [1.165, 1.54) is 16.9 Å². The molecule has 0 fully saturated rings. The number of benzene rings is 2. The second-order valence-electron chi connectivity index (χ2n) is 5.47. The Balaban J connectivity index is 1.68. The number of hydrogen-bond acceptors (Lipinski definition) is 7. The smallest absolute Gasteiger partial charge is 0.270 e. The highest BCUT2D eigenvalue weighted by molar-refractivity contribution is 5.53. The molecular formula is C16H13N5O4. The maximum Gasteiger partial charge on any atom is 0.270 e. The minimum atomic E-state index is -0.442. The average molecular weight is 339 g/mol. The van der Waals surface area contributed by atoms with Crippen LogP contribution in [0.15, 0.2) is 42.5 Å². The van der Waals surface area contributed by atoms with Crippen LogP contribution in [-0.4, -0.2) is 31.9 Å². The van der Waals surface area contributed by atoms with Gasteiger partial charge in [-0.25, -0.2) is 0 Å². The number of fused-ring (bicyclic) bond motifs is 1. The summed E-state index contributed by atoms with van der Waals surface area (Å²) in [6, 6.07) is 12.4. The number of ether oxygens (including phenoxy) is 2. The molecule has 126 valence electrons. The Morgan fingerprint density at radius 1 is 1.24 bits per heavy atom. The van der Waals surface area contributed by atoms with E-state index in [2.05, 4.69) is 15.4 Å². The number of aromatic nitrogens is 4. The van der Waals surface area contributed by atoms with Gasteiger partial charge in [0.2, 0.25) is 5.82 Å². The van der Waals surface area contributed by atoms with Crippen molar-refractivity contribution in [2.24, 2.45) is 0 Å². The van der Waals surface area contributed by atoms with Crippen molar-refractivity contribution >= 4 is 5.69 Å². The Bertz CT molecular complexity index is 926. The third kappa shape index (κ3) is 3.04. The van der Waals surface area contributed by atoms with Gasteiger partial charge < -0.3 is 9.47 Å². The summed E-state index contributed by atoms with van der Waals surface area (Å²) < 4.78 is 10.7. The molecule has 0 atom stereocenters. The van der Waals surface area contributed by atoms with E-state index in [4.69, 9.17) is 9.47 Å². The molecular weight excluding hydrogens is 326 g/mol. The molecule has 4 rings (SSSR count). The molecule has 0 unspecified atom stereocenters. The Morgan fingerprint density at radius 3 is 2.88 bits per heavy atom. The second-order valence-corrected chi connectivity index (χ2v) is 5.47. The van der Waals surface area contributed by atoms with E-state index in [1.54, 1.807) is 0 Å². The van der Waals surface area contributed by atoms with Crippen molar-refractivity contribution in [1.82, 2.24) is 20.2 Å². The van der Waals surface area contributed by atoms with Crippen molar-refractivity contribution in [3.63, 3.8) is 0 Å². The second kappa shape index (κ2) is 6.29. The highest BCUT2D eigenvalue weighted by atomic mass is 16.7. The van der Waals surface area contributed by atoms with Crippen molar-refractivity contribution in [1.29, 1.82) is 0 Å². The maximum absolute atomic E-state index is 11.2. The first-order valence-electron chi connectivity index (χ1n) is 7.54. The highest BCUT2D eigenvalue weighted by Crippen LogP contribution is 2.33. The molecule has 9 heteroatoms. The first-order chi connectivity index (χ1) is 12.2. The molecule has 0 aliphatic carbocycles. The van der Waals surface area contributed by atoms with Crippen LogP contribution in [0.2, 0.25) is 0 Å². The minimum Gasteiger partial charge on any atom is -0.467 e. The van der Waals surface area contributed by atoms with Crippen LogP contribution in [0.1, 0.15) is 11.1 Å². The number of nitro benzene ring substituents is 1. The van der Waals surface area contributed by atoms with Crippen molar-refractivity contribution in [2.75, 3.05) is 6.79 Å². The zero-order chi connectivity index (χ0) is 17.2. The summed E-state index contributed by atoms with van der Waals surface area (Å²) in [7, 11) is 0. The van der Waals surface area contributed by atoms with Crippen LogP contribution in [0.5, 0.6) is 5.75 Å². The van der Waals surface area contributed by atoms with E-state index in [0.717, 1.165) is 5.56 Å². The number of nitro groups is 1. The van der Waals surface area contributed by atoms with Gasteiger partial charge in [0, 0.05) is 28.8 Å². The molecule has 1 aromatic heterocycles. The third-order valence-corrected chi connectivity index (χ3v) is 3.78. The van der Waals surface area contributed by atoms with Crippen LogP contribution in [-0.2, 0) is 17.9 Å². The summed E-state index contributed by atoms with van der Waals surface area (Å²) in [5.41, 5.74) is 2.08. The van der Waals surface area contributed by atoms with Gasteiger partial charge in [0.05, 0.1) is 18.1 Å². The van der Waals surface area contributed by atoms with Crippen LogP contribution in [0.25, 0.3) is 11.4 Å². The van der Waals surface area contributed by atoms with Crippen LogP contribution >= 0.6 is 0 Å². The largest absolute Gasteiger partial charge is 0.467 e. The van der Waals surface area contributed by atoms with Crippen LogP contribution in [0.4, 0.5) is 5.69 Å². The van der Waals surface area contributed by atoms with Gasteiger partial charge in [-0.3, -0.25) is 10.1 Å². The summed E-state index contributed by atoms with van der Waals surface area (Å²) in [5, 5.41) is 23.6. The van der Waals surface area contributed by atoms with E-state index >= 15 is 0 Å². The van der Waals surface area contributed by atoms with E-state index in [0.29, 0.717) is 22.7 Å². The zero-order valence-electron chi connectivity index (χ0n) is 13.0. The molecule has 2 aromatic carbocycles. The molecule has 0 bridgehead atoms. The standard InChI is InChI=1S/C16H13N5O4/c22-21(23)14-6-12(15-13(7-14)9-24-10-25-15)8-20-18-16(17-19-20)11-4-2-1-3-5-11/h1-7H,8-10H2. The Hall–Kier alpha value is -3.33. The summed E-state index contributed by atoms with van der Waals surface area (Å²) in [4.78, 5) is 12.1. The van der Waals surface area contributed by atoms with Gasteiger partial charge in [-0.2, -0.15) is 4.80 Å². The lowest BCUT2D eigenvalue weighted by molar-refractivity contribution is -0.385. The number of hydrogen-bond donors (Lipinski definition) is 0. The molecule has 3 aromatic rings. The zero-order valence-corrected chi connectivity index (χ0v) is 13.0. The average Bonchev–Trinajstić information content (AvgIpc) is 3.11. The summed E-state index contributed by atoms with van der Waals surface area (Å²) in [5.74, 6) is 1.07. The number of nitrogens with zero attached hydrogens (tertiary/aromatic N) is 5. The van der Waals surface area contributed by atoms with Crippen molar-refractivity contribution in [2.45, 2.75) is 13.2 Å². The molecule has 9 nitrogen and oxygen atoms in total. The molecule has 0 N–H and O–H groups in total. The van der Waals surface area contributed by atoms with Gasteiger partial charge in [0.15, 0.2) is 6.79 Å². The maximum atomic E-state index is 11.2. The number of tetrazole rings is 1. The third-order valence-electron chi connectivity index (χ3n) is 3.78. The molecule has 1 aliphatic rings. The molecule has 2 heterocycles. The molecule has 0 saturated carbocycles. The minimum absolute atomic E-state index is 0.0220. The number of non-ortho nitro benzene ring substituents is 1. The van der Waals surface area contributed by atoms with E-state index in [-0.39, 0.29) is 25.6 Å². The Morgan fingerprint density at radius 2 is 2.08 bits per heavy atom. The van der Waals surface area contributed by atoms with Crippen molar-refractivity contribution in [3.8, 4) is 17.1 Å². The molecule has 0 amide bonds. The molecule has 0 spiro atoms. The normalized spacial score (nSPS) is 13.1. The predicted octanol–water partition coefficient (Wildman–Crippen LogP) is 2.16. The van der Waals surface area contributed by atoms with Gasteiger partial charge in [0.1, 0.15) is 5.75 Å². The lowest BCUT2D eigenvalue weighted by Gasteiger charge is -2.20. The van der Waals surface area contributed by atoms with Gasteiger partial charge >= 0.3 is 0 Å². The Labute approximate surface area is 141 Å². The lowest BCUT2D eigenvalue weighted by atomic mass is 10.1. The summed E-state index contributed by atoms with van der Waals surface area (Å²) >= 11 is 0. The number of rotatable bonds is 4. The molecule has 0 saturated heterocycles.